The summed E-state index contributed by atoms with van der Waals surface area (Å²) in [5.74, 6) is 0. The molecule has 0 aliphatic carbocycles. The van der Waals surface area contributed by atoms with Crippen molar-refractivity contribution in [1.82, 2.24) is 0 Å². The zero-order chi connectivity index (χ0) is 7.33. The minimum Gasteiger partial charge on any atom is -0.307 e. The van der Waals surface area contributed by atoms with E-state index in [0.717, 1.165) is 0 Å². The van der Waals surface area contributed by atoms with Crippen molar-refractivity contribution in [2.45, 2.75) is 12.5 Å². The summed E-state index contributed by atoms with van der Waals surface area (Å²) < 4.78 is 0. The van der Waals surface area contributed by atoms with Gasteiger partial charge in [-0.15, -0.1) is 0 Å². The summed E-state index contributed by atoms with van der Waals surface area (Å²) in [5, 5.41) is 15.4. The van der Waals surface area contributed by atoms with Crippen LogP contribution >= 0.6 is 0 Å². The zero-order valence-corrected chi connectivity index (χ0v) is 5.16. The quantitative estimate of drug-likeness (QED) is 0.474. The first-order chi connectivity index (χ1) is 4.27. The second kappa shape index (κ2) is 2.92. The third kappa shape index (κ3) is 1.61. The lowest BCUT2D eigenvalue weighted by Gasteiger charge is -2.17. The van der Waals surface area contributed by atoms with E-state index in [0.29, 0.717) is 6.54 Å². The van der Waals surface area contributed by atoms with Gasteiger partial charge in [0, 0.05) is 0 Å². The molecule has 1 heterocycles. The third-order valence-electron chi connectivity index (χ3n) is 0.911. The highest BCUT2D eigenvalue weighted by Gasteiger charge is 2.28. The van der Waals surface area contributed by atoms with Gasteiger partial charge in [-0.25, -0.2) is 0 Å². The van der Waals surface area contributed by atoms with Gasteiger partial charge in [-0.1, -0.05) is 0 Å². The van der Waals surface area contributed by atoms with Crippen LogP contribution in [0, 0.1) is 11.3 Å². The van der Waals surface area contributed by atoms with Crippen LogP contribution in [0.2, 0.25) is 0 Å². The zero-order valence-electron chi connectivity index (χ0n) is 5.16. The van der Waals surface area contributed by atoms with Crippen LogP contribution in [0.3, 0.4) is 0 Å². The van der Waals surface area contributed by atoms with E-state index in [-0.39, 0.29) is 0 Å². The van der Waals surface area contributed by atoms with E-state index < -0.39 is 5.54 Å². The van der Waals surface area contributed by atoms with Crippen molar-refractivity contribution in [3.05, 3.63) is 0 Å². The summed E-state index contributed by atoms with van der Waals surface area (Å²) in [6, 6.07) is 2.02. The molecule has 1 unspecified atom stereocenters. The van der Waals surface area contributed by atoms with E-state index in [4.69, 9.17) is 10.1 Å². The van der Waals surface area contributed by atoms with E-state index in [2.05, 4.69) is 10.2 Å². The summed E-state index contributed by atoms with van der Waals surface area (Å²) in [5.41, 5.74) is -0.472. The number of azo groups is 1. The molecule has 1 aliphatic rings. The van der Waals surface area contributed by atoms with Crippen LogP contribution < -0.4 is 0 Å². The average Bonchev–Trinajstić information content (AvgIpc) is 1.88. The van der Waals surface area contributed by atoms with Gasteiger partial charge in [-0.3, -0.25) is 0 Å². The molecule has 4 heteroatoms. The number of carbonyl (C=O) groups is 1. The number of nitriles is 1. The van der Waals surface area contributed by atoms with Gasteiger partial charge in [0.2, 0.25) is 0 Å². The van der Waals surface area contributed by atoms with Crippen LogP contribution in [-0.4, -0.2) is 18.9 Å². The highest BCUT2D eigenvalue weighted by atomic mass is 16.1. The van der Waals surface area contributed by atoms with Gasteiger partial charge in [0.05, 0.1) is 6.07 Å². The molecular weight excluding hydrogens is 118 g/mol. The molecule has 0 aromatic rings. The first kappa shape index (κ1) is 7.76. The van der Waals surface area contributed by atoms with Crippen LogP contribution in [0.25, 0.3) is 0 Å². The Morgan fingerprint density at radius 3 is 2.22 bits per heavy atom. The van der Waals surface area contributed by atoms with Crippen LogP contribution in [0.5, 0.6) is 0 Å². The number of carbonyl (C=O) groups excluding carboxylic acids is 1. The lowest BCUT2D eigenvalue weighted by Crippen LogP contribution is -2.29. The largest absolute Gasteiger partial charge is 0.307 e. The smallest absolute Gasteiger partial charge is 0.185 e. The third-order valence-corrected chi connectivity index (χ3v) is 0.911. The Kier molecular flexibility index (Phi) is 2.52. The van der Waals surface area contributed by atoms with Gasteiger partial charge in [0.15, 0.2) is 5.54 Å². The number of rotatable bonds is 0. The molecule has 0 spiro atoms. The molecule has 0 saturated heterocycles. The fourth-order valence-corrected chi connectivity index (χ4v) is 0.341. The van der Waals surface area contributed by atoms with Crippen LogP contribution in [0.1, 0.15) is 6.92 Å². The minimum absolute atomic E-state index is 0.472. The highest BCUT2D eigenvalue weighted by Crippen LogP contribution is 2.17. The molecule has 0 aromatic carbocycles. The fourth-order valence-electron chi connectivity index (χ4n) is 0.341. The Morgan fingerprint density at radius 1 is 1.78 bits per heavy atom. The molecule has 4 nitrogen and oxygen atoms in total. The monoisotopic (exact) mass is 125 g/mol. The Labute approximate surface area is 53.2 Å². The second-order valence-corrected chi connectivity index (χ2v) is 1.79. The fraction of sp³-hybridized carbons (Fsp3) is 0.600. The number of hydrogen-bond acceptors (Lipinski definition) is 4. The Balaban J connectivity index is 0.000000291. The Bertz CT molecular complexity index is 160. The molecule has 0 fully saturated rings. The van der Waals surface area contributed by atoms with Crippen molar-refractivity contribution in [2.75, 3.05) is 6.54 Å². The van der Waals surface area contributed by atoms with Crippen LogP contribution in [-0.2, 0) is 4.79 Å². The van der Waals surface area contributed by atoms with Gasteiger partial charge in [-0.2, -0.15) is 15.5 Å². The van der Waals surface area contributed by atoms with Gasteiger partial charge in [0.25, 0.3) is 0 Å². The molecule has 0 aromatic heterocycles. The molecular formula is C5H7N3O. The summed E-state index contributed by atoms with van der Waals surface area (Å²) in [4.78, 5) is 8.00. The molecule has 0 radical (unpaired) electrons. The van der Waals surface area contributed by atoms with E-state index >= 15 is 0 Å². The van der Waals surface area contributed by atoms with Gasteiger partial charge in [-0.05, 0) is 6.92 Å². The SMILES string of the molecule is C=O.CC1(C#N)CN=N1. The summed E-state index contributed by atoms with van der Waals surface area (Å²) in [6.45, 7) is 4.34. The van der Waals surface area contributed by atoms with Crippen molar-refractivity contribution in [1.29, 1.82) is 5.26 Å². The molecule has 1 atom stereocenters. The maximum Gasteiger partial charge on any atom is 0.185 e. The summed E-state index contributed by atoms with van der Waals surface area (Å²) in [7, 11) is 0. The topological polar surface area (TPSA) is 65.6 Å². The van der Waals surface area contributed by atoms with Gasteiger partial charge < -0.3 is 4.79 Å². The molecule has 1 rings (SSSR count). The first-order valence-electron chi connectivity index (χ1n) is 2.36. The normalized spacial score (nSPS) is 28.9. The second-order valence-electron chi connectivity index (χ2n) is 1.79. The molecule has 0 saturated carbocycles. The Morgan fingerprint density at radius 2 is 2.22 bits per heavy atom. The number of hydrogen-bond donors (Lipinski definition) is 0. The molecule has 0 amide bonds. The average molecular weight is 125 g/mol. The summed E-state index contributed by atoms with van der Waals surface area (Å²) in [6.07, 6.45) is 0. The van der Waals surface area contributed by atoms with E-state index in [1.165, 1.54) is 0 Å². The molecule has 9 heavy (non-hydrogen) atoms. The maximum atomic E-state index is 8.24. The Hall–Kier alpha value is -1.24. The molecule has 1 aliphatic heterocycles. The minimum atomic E-state index is -0.472. The molecule has 0 bridgehead atoms. The summed E-state index contributed by atoms with van der Waals surface area (Å²) >= 11 is 0. The van der Waals surface area contributed by atoms with Crippen molar-refractivity contribution in [3.63, 3.8) is 0 Å². The lowest BCUT2D eigenvalue weighted by molar-refractivity contribution is -0.0979. The molecule has 48 valence electrons. The van der Waals surface area contributed by atoms with E-state index in [1.54, 1.807) is 6.92 Å². The van der Waals surface area contributed by atoms with Crippen molar-refractivity contribution in [3.8, 4) is 6.07 Å². The predicted octanol–water partition coefficient (Wildman–Crippen LogP) is 0.550. The predicted molar refractivity (Wildman–Crippen MR) is 30.9 cm³/mol. The first-order valence-corrected chi connectivity index (χ1v) is 2.36. The number of nitrogens with zero attached hydrogens (tertiary/aromatic N) is 3. The van der Waals surface area contributed by atoms with Crippen molar-refractivity contribution < 1.29 is 4.79 Å². The van der Waals surface area contributed by atoms with Crippen LogP contribution in [0.15, 0.2) is 10.2 Å². The highest BCUT2D eigenvalue weighted by molar-refractivity contribution is 5.11. The van der Waals surface area contributed by atoms with Crippen molar-refractivity contribution >= 4 is 6.79 Å². The van der Waals surface area contributed by atoms with Crippen molar-refractivity contribution in [2.24, 2.45) is 10.2 Å². The van der Waals surface area contributed by atoms with Gasteiger partial charge in [0.1, 0.15) is 13.3 Å². The lowest BCUT2D eigenvalue weighted by atomic mass is 10.1. The van der Waals surface area contributed by atoms with E-state index in [9.17, 15) is 0 Å². The standard InChI is InChI=1S/C4H5N3.CH2O/c1-4(2-5)3-6-7-4;1-2/h3H2,1H3;1H2. The van der Waals surface area contributed by atoms with E-state index in [1.807, 2.05) is 12.9 Å². The molecule has 0 N–H and O–H groups in total. The maximum absolute atomic E-state index is 8.24. The van der Waals surface area contributed by atoms with Crippen LogP contribution in [0.4, 0.5) is 0 Å². The van der Waals surface area contributed by atoms with Gasteiger partial charge >= 0.3 is 0 Å².